The highest BCUT2D eigenvalue weighted by Gasteiger charge is 2.17. The fourth-order valence-electron chi connectivity index (χ4n) is 0.498. The van der Waals surface area contributed by atoms with E-state index in [0.717, 1.165) is 0 Å². The Morgan fingerprint density at radius 1 is 1.00 bits per heavy atom. The Morgan fingerprint density at radius 3 is 1.64 bits per heavy atom. The van der Waals surface area contributed by atoms with Gasteiger partial charge in [-0.1, -0.05) is 23.2 Å². The molecule has 0 amide bonds. The van der Waals surface area contributed by atoms with Crippen LogP contribution in [0.25, 0.3) is 0 Å². The standard InChI is InChI=1S/C6H11Cl4O3P/c7-3-1-5(9)12-14(11)13-6(10)2-4-8/h5-6,11H,1-4H2. The molecule has 14 heavy (non-hydrogen) atoms. The molecule has 0 fully saturated rings. The Bertz CT molecular complexity index is 128. The lowest BCUT2D eigenvalue weighted by molar-refractivity contribution is 0.169. The summed E-state index contributed by atoms with van der Waals surface area (Å²) in [6.07, 6.45) is 0.850. The van der Waals surface area contributed by atoms with Crippen LogP contribution in [0.1, 0.15) is 12.8 Å². The van der Waals surface area contributed by atoms with Gasteiger partial charge in [-0.15, -0.1) is 23.2 Å². The van der Waals surface area contributed by atoms with E-state index in [-0.39, 0.29) is 0 Å². The lowest BCUT2D eigenvalue weighted by Crippen LogP contribution is -2.07. The first-order valence-corrected chi connectivity index (χ1v) is 6.90. The van der Waals surface area contributed by atoms with Crippen molar-refractivity contribution in [2.75, 3.05) is 11.8 Å². The molecule has 0 rings (SSSR count). The van der Waals surface area contributed by atoms with Crippen molar-refractivity contribution >= 4 is 55.0 Å². The number of rotatable bonds is 8. The molecule has 0 spiro atoms. The van der Waals surface area contributed by atoms with Crippen molar-refractivity contribution in [2.24, 2.45) is 0 Å². The number of alkyl halides is 4. The zero-order chi connectivity index (χ0) is 11.0. The largest absolute Gasteiger partial charge is 0.332 e. The van der Waals surface area contributed by atoms with Gasteiger partial charge in [0.1, 0.15) is 11.1 Å². The van der Waals surface area contributed by atoms with Crippen molar-refractivity contribution in [3.05, 3.63) is 0 Å². The summed E-state index contributed by atoms with van der Waals surface area (Å²) >= 11 is 22.1. The average molecular weight is 304 g/mol. The Balaban J connectivity index is 3.57. The Morgan fingerprint density at radius 2 is 1.36 bits per heavy atom. The molecule has 3 nitrogen and oxygen atoms in total. The van der Waals surface area contributed by atoms with Gasteiger partial charge in [-0.2, -0.15) is 0 Å². The third-order valence-electron chi connectivity index (χ3n) is 1.08. The first kappa shape index (κ1) is 15.5. The fourth-order valence-corrected chi connectivity index (χ4v) is 2.40. The SMILES string of the molecule is OP(OC(Cl)CCCl)OC(Cl)CCCl. The second kappa shape index (κ2) is 9.68. The van der Waals surface area contributed by atoms with Crippen molar-refractivity contribution in [1.29, 1.82) is 0 Å². The smallest absolute Gasteiger partial charge is 0.328 e. The van der Waals surface area contributed by atoms with E-state index < -0.39 is 19.7 Å². The Labute approximate surface area is 105 Å². The minimum atomic E-state index is -2.06. The predicted octanol–water partition coefficient (Wildman–Crippen LogP) is 3.63. The first-order valence-electron chi connectivity index (χ1n) is 3.82. The van der Waals surface area contributed by atoms with Crippen LogP contribution >= 0.6 is 55.0 Å². The van der Waals surface area contributed by atoms with E-state index >= 15 is 0 Å². The van der Waals surface area contributed by atoms with Crippen LogP contribution in [0.3, 0.4) is 0 Å². The van der Waals surface area contributed by atoms with Gasteiger partial charge in [-0.25, -0.2) is 0 Å². The molecule has 2 unspecified atom stereocenters. The highest BCUT2D eigenvalue weighted by Crippen LogP contribution is 2.39. The molecule has 0 radical (unpaired) electrons. The van der Waals surface area contributed by atoms with E-state index in [2.05, 4.69) is 0 Å². The lowest BCUT2D eigenvalue weighted by atomic mass is 10.5. The van der Waals surface area contributed by atoms with Crippen LogP contribution in [-0.4, -0.2) is 27.8 Å². The molecule has 86 valence electrons. The van der Waals surface area contributed by atoms with Gasteiger partial charge in [-0.3, -0.25) is 9.05 Å². The van der Waals surface area contributed by atoms with Gasteiger partial charge in [0.2, 0.25) is 0 Å². The first-order chi connectivity index (χ1) is 6.60. The van der Waals surface area contributed by atoms with Crippen molar-refractivity contribution in [3.8, 4) is 0 Å². The second-order valence-electron chi connectivity index (χ2n) is 2.22. The molecular formula is C6H11Cl4O3P. The summed E-state index contributed by atoms with van der Waals surface area (Å²) in [5, 5.41) is 0. The topological polar surface area (TPSA) is 38.7 Å². The normalized spacial score (nSPS) is 17.8. The fraction of sp³-hybridized carbons (Fsp3) is 1.00. The molecule has 0 aliphatic heterocycles. The molecule has 1 N–H and O–H groups in total. The van der Waals surface area contributed by atoms with E-state index in [1.165, 1.54) is 0 Å². The summed E-state index contributed by atoms with van der Waals surface area (Å²) in [5.74, 6) is 0.701. The highest BCUT2D eigenvalue weighted by atomic mass is 35.5. The molecule has 0 saturated carbocycles. The van der Waals surface area contributed by atoms with Crippen LogP contribution in [0.4, 0.5) is 0 Å². The van der Waals surface area contributed by atoms with Crippen LogP contribution in [0.15, 0.2) is 0 Å². The van der Waals surface area contributed by atoms with Gasteiger partial charge in [0.05, 0.1) is 0 Å². The lowest BCUT2D eigenvalue weighted by Gasteiger charge is -2.16. The van der Waals surface area contributed by atoms with Crippen molar-refractivity contribution in [1.82, 2.24) is 0 Å². The van der Waals surface area contributed by atoms with Crippen LogP contribution in [0, 0.1) is 0 Å². The van der Waals surface area contributed by atoms with Gasteiger partial charge in [0.25, 0.3) is 0 Å². The average Bonchev–Trinajstić information content (AvgIpc) is 2.03. The molecule has 0 bridgehead atoms. The molecule has 0 heterocycles. The van der Waals surface area contributed by atoms with Gasteiger partial charge in [-0.05, 0) is 0 Å². The maximum atomic E-state index is 9.21. The van der Waals surface area contributed by atoms with Gasteiger partial charge in [0, 0.05) is 24.6 Å². The number of halogens is 4. The molecule has 2 atom stereocenters. The minimum Gasteiger partial charge on any atom is -0.328 e. The highest BCUT2D eigenvalue weighted by molar-refractivity contribution is 7.40. The van der Waals surface area contributed by atoms with E-state index in [4.69, 9.17) is 55.5 Å². The molecule has 8 heteroatoms. The van der Waals surface area contributed by atoms with Crippen molar-refractivity contribution in [3.63, 3.8) is 0 Å². The minimum absolute atomic E-state index is 0.351. The molecule has 0 aromatic rings. The van der Waals surface area contributed by atoms with E-state index in [1.807, 2.05) is 0 Å². The molecule has 0 aromatic carbocycles. The van der Waals surface area contributed by atoms with E-state index in [0.29, 0.717) is 24.6 Å². The molecule has 0 saturated heterocycles. The van der Waals surface area contributed by atoms with Gasteiger partial charge < -0.3 is 4.89 Å². The van der Waals surface area contributed by atoms with Crippen molar-refractivity contribution in [2.45, 2.75) is 24.0 Å². The van der Waals surface area contributed by atoms with Crippen molar-refractivity contribution < 1.29 is 13.9 Å². The summed E-state index contributed by atoms with van der Waals surface area (Å²) in [6, 6.07) is 0. The predicted molar refractivity (Wildman–Crippen MR) is 61.3 cm³/mol. The number of hydrogen-bond donors (Lipinski definition) is 1. The van der Waals surface area contributed by atoms with Crippen LogP contribution in [0.2, 0.25) is 0 Å². The zero-order valence-corrected chi connectivity index (χ0v) is 11.1. The summed E-state index contributed by atoms with van der Waals surface area (Å²) < 4.78 is 9.72. The second-order valence-corrected chi connectivity index (χ2v) is 4.85. The maximum absolute atomic E-state index is 9.21. The molecule has 0 aliphatic carbocycles. The molecule has 0 aromatic heterocycles. The Kier molecular flexibility index (Phi) is 10.7. The van der Waals surface area contributed by atoms with Crippen LogP contribution in [-0.2, 0) is 9.05 Å². The van der Waals surface area contributed by atoms with Crippen LogP contribution in [0.5, 0.6) is 0 Å². The van der Waals surface area contributed by atoms with Gasteiger partial charge in [0.15, 0.2) is 0 Å². The number of hydrogen-bond acceptors (Lipinski definition) is 3. The Hall–Kier alpha value is 1.47. The quantitative estimate of drug-likeness (QED) is 0.550. The van der Waals surface area contributed by atoms with E-state index in [9.17, 15) is 4.89 Å². The summed E-state index contributed by atoms with van der Waals surface area (Å²) in [5.41, 5.74) is -1.33. The van der Waals surface area contributed by atoms with Gasteiger partial charge >= 0.3 is 8.60 Å². The summed E-state index contributed by atoms with van der Waals surface area (Å²) in [6.45, 7) is 0. The zero-order valence-electron chi connectivity index (χ0n) is 7.21. The summed E-state index contributed by atoms with van der Waals surface area (Å²) in [7, 11) is -2.06. The van der Waals surface area contributed by atoms with Crippen LogP contribution < -0.4 is 0 Å². The maximum Gasteiger partial charge on any atom is 0.332 e. The molecular weight excluding hydrogens is 293 g/mol. The van der Waals surface area contributed by atoms with E-state index in [1.54, 1.807) is 0 Å². The third kappa shape index (κ3) is 8.75. The monoisotopic (exact) mass is 302 g/mol. The third-order valence-corrected chi connectivity index (χ3v) is 3.25. The molecule has 0 aliphatic rings. The summed E-state index contributed by atoms with van der Waals surface area (Å²) in [4.78, 5) is 9.21.